The van der Waals surface area contributed by atoms with Crippen LogP contribution in [0.3, 0.4) is 0 Å². The number of nitrogens with two attached hydrogens (primary N) is 4. The van der Waals surface area contributed by atoms with Crippen molar-refractivity contribution in [2.24, 2.45) is 22.9 Å². The summed E-state index contributed by atoms with van der Waals surface area (Å²) in [5.74, 6) is 0. The molecule has 0 heterocycles. The maximum atomic E-state index is 4.91. The Balaban J connectivity index is -0.0000000199. The Hall–Kier alpha value is 1.40. The van der Waals surface area contributed by atoms with Crippen LogP contribution in [0.25, 0.3) is 0 Å². The van der Waals surface area contributed by atoms with E-state index >= 15 is 0 Å². The minimum atomic E-state index is 0. The summed E-state index contributed by atoms with van der Waals surface area (Å²) in [7, 11) is 4.10. The summed E-state index contributed by atoms with van der Waals surface area (Å²) < 4.78 is 0. The lowest BCUT2D eigenvalue weighted by molar-refractivity contribution is 1.07. The predicted octanol–water partition coefficient (Wildman–Crippen LogP) is 2.13. The van der Waals surface area contributed by atoms with E-state index in [0.29, 0.717) is 6.29 Å². The van der Waals surface area contributed by atoms with Crippen molar-refractivity contribution in [3.8, 4) is 0 Å². The van der Waals surface area contributed by atoms with Gasteiger partial charge in [0.15, 0.2) is 0 Å². The van der Waals surface area contributed by atoms with Gasteiger partial charge in [0.05, 0.1) is 0 Å². The van der Waals surface area contributed by atoms with Crippen LogP contribution < -0.4 is 22.9 Å². The van der Waals surface area contributed by atoms with Gasteiger partial charge in [0.1, 0.15) is 0 Å². The van der Waals surface area contributed by atoms with E-state index in [1.165, 1.54) is 7.05 Å². The molecule has 4 nitrogen and oxygen atoms in total. The number of rotatable bonds is 2. The molecule has 16 heavy (non-hydrogen) atoms. The molecule has 0 atom stereocenters. The molecular weight excluding hydrogens is 317 g/mol. The molecule has 102 valence electrons. The molecule has 0 aromatic carbocycles. The van der Waals surface area contributed by atoms with E-state index in [2.05, 4.69) is 52.6 Å². The third kappa shape index (κ3) is 276. The van der Waals surface area contributed by atoms with Crippen LogP contribution in [-0.2, 0) is 35.4 Å². The van der Waals surface area contributed by atoms with Crippen LogP contribution in [0.1, 0.15) is 21.3 Å². The molecular formula is C6H25N4P3S3. The fourth-order valence-electron chi connectivity index (χ4n) is 0. The first-order valence-corrected chi connectivity index (χ1v) is 10.5. The highest BCUT2D eigenvalue weighted by molar-refractivity contribution is 8.40. The summed E-state index contributed by atoms with van der Waals surface area (Å²) in [6.07, 6.45) is 0.606. The highest BCUT2D eigenvalue weighted by Crippen LogP contribution is 2.10. The van der Waals surface area contributed by atoms with Gasteiger partial charge in [0.2, 0.25) is 0 Å². The Morgan fingerprint density at radius 1 is 0.875 bits per heavy atom. The van der Waals surface area contributed by atoms with E-state index < -0.39 is 0 Å². The Morgan fingerprint density at radius 2 is 1.00 bits per heavy atom. The minimum Gasteiger partial charge on any atom is -0.333 e. The average Bonchev–Trinajstić information content (AvgIpc) is 2.35. The van der Waals surface area contributed by atoms with Gasteiger partial charge in [-0.2, -0.15) is 0 Å². The average molecular weight is 342 g/mol. The Bertz CT molecular complexity index is 95.1. The van der Waals surface area contributed by atoms with Crippen molar-refractivity contribution in [3.05, 3.63) is 0 Å². The third-order valence-electron chi connectivity index (χ3n) is 0.108. The summed E-state index contributed by atoms with van der Waals surface area (Å²) in [4.78, 5) is 0. The van der Waals surface area contributed by atoms with Gasteiger partial charge >= 0.3 is 0 Å². The molecule has 0 aliphatic heterocycles. The number of hydrogen-bond donors (Lipinski definition) is 4. The van der Waals surface area contributed by atoms with Crippen molar-refractivity contribution in [1.29, 1.82) is 0 Å². The fourth-order valence-corrected chi connectivity index (χ4v) is 0. The molecule has 0 aromatic heterocycles. The van der Waals surface area contributed by atoms with Crippen molar-refractivity contribution in [2.45, 2.75) is 21.3 Å². The lowest BCUT2D eigenvalue weighted by atomic mass is 11.0. The maximum Gasteiger partial charge on any atom is 0.0464 e. The number of hydrogen-bond acceptors (Lipinski definition) is 7. The van der Waals surface area contributed by atoms with Crippen molar-refractivity contribution >= 4 is 56.9 Å². The molecule has 0 unspecified atom stereocenters. The second kappa shape index (κ2) is 95.0. The van der Waals surface area contributed by atoms with E-state index in [-0.39, 0.29) is 14.1 Å². The molecule has 0 saturated carbocycles. The molecule has 0 amide bonds. The topological polar surface area (TPSA) is 104 Å². The monoisotopic (exact) mass is 342 g/mol. The molecule has 0 saturated heterocycles. The fraction of sp³-hybridized carbons (Fsp3) is 1.00. The zero-order chi connectivity index (χ0) is 13.5. The van der Waals surface area contributed by atoms with Gasteiger partial charge in [-0.1, -0.05) is 33.1 Å². The van der Waals surface area contributed by atoms with Crippen molar-refractivity contribution < 1.29 is 0 Å². The van der Waals surface area contributed by atoms with Crippen molar-refractivity contribution in [1.82, 2.24) is 0 Å². The predicted molar refractivity (Wildman–Crippen MR) is 93.3 cm³/mol. The minimum absolute atomic E-state index is 0. The van der Waals surface area contributed by atoms with Crippen molar-refractivity contribution in [3.63, 3.8) is 0 Å². The molecule has 8 N–H and O–H groups in total. The highest BCUT2D eigenvalue weighted by Gasteiger charge is 1.47. The third-order valence-corrected chi connectivity index (χ3v) is 3.37. The van der Waals surface area contributed by atoms with Crippen molar-refractivity contribution in [2.75, 3.05) is 20.0 Å². The van der Waals surface area contributed by atoms with Crippen LogP contribution in [0.4, 0.5) is 0 Å². The largest absolute Gasteiger partial charge is 0.333 e. The second-order valence-electron chi connectivity index (χ2n) is 0.711. The van der Waals surface area contributed by atoms with E-state index in [1.807, 2.05) is 13.8 Å². The molecule has 0 fully saturated rings. The second-order valence-corrected chi connectivity index (χ2v) is 6.35. The molecule has 0 aromatic rings. The van der Waals surface area contributed by atoms with Gasteiger partial charge < -0.3 is 22.9 Å². The summed E-state index contributed by atoms with van der Waals surface area (Å²) in [6.45, 7) is 4.25. The molecule has 10 heteroatoms. The summed E-state index contributed by atoms with van der Waals surface area (Å²) in [5, 5.41) is 0. The standard InChI is InChI=1S/C2H6.CH6N2.CH4NPS.CH5N.CH4.P2S2/c1-2;2-1-3;2-1-3-4;1-2;;3-1-2-4/h1-2H3;1-3H2;1-2H2;2H2,1H3;1H4;. The van der Waals surface area contributed by atoms with Gasteiger partial charge in [-0.3, -0.25) is 0 Å². The lowest BCUT2D eigenvalue weighted by Gasteiger charge is -1.57. The normalized spacial score (nSPS) is 6.19. The summed E-state index contributed by atoms with van der Waals surface area (Å²) in [5.41, 5.74) is 18.7. The Morgan fingerprint density at radius 3 is 1.00 bits per heavy atom. The van der Waals surface area contributed by atoms with Crippen LogP contribution >= 0.6 is 21.4 Å². The summed E-state index contributed by atoms with van der Waals surface area (Å²) in [6, 6.07) is 0. The van der Waals surface area contributed by atoms with Crippen LogP contribution in [0.2, 0.25) is 0 Å². The van der Waals surface area contributed by atoms with Gasteiger partial charge in [-0.05, 0) is 38.0 Å². The SMILES string of the molecule is C.CC.CN.NCN.NCP=S.S=PP=S. The quantitative estimate of drug-likeness (QED) is 0.450. The maximum absolute atomic E-state index is 4.91. The summed E-state index contributed by atoms with van der Waals surface area (Å²) >= 11 is 13.2. The van der Waals surface area contributed by atoms with Crippen LogP contribution in [0, 0.1) is 0 Å². The van der Waals surface area contributed by atoms with E-state index in [0.717, 1.165) is 21.4 Å². The van der Waals surface area contributed by atoms with Gasteiger partial charge in [0.25, 0.3) is 0 Å². The van der Waals surface area contributed by atoms with E-state index in [9.17, 15) is 0 Å². The molecule has 0 aliphatic carbocycles. The van der Waals surface area contributed by atoms with Crippen LogP contribution in [0.5, 0.6) is 0 Å². The van der Waals surface area contributed by atoms with Gasteiger partial charge in [0, 0.05) is 27.0 Å². The molecule has 0 spiro atoms. The lowest BCUT2D eigenvalue weighted by Crippen LogP contribution is -2.08. The first-order chi connectivity index (χ1) is 7.24. The van der Waals surface area contributed by atoms with Gasteiger partial charge in [-0.15, -0.1) is 0 Å². The zero-order valence-corrected chi connectivity index (χ0v) is 14.4. The smallest absolute Gasteiger partial charge is 0.0464 e. The molecule has 0 radical (unpaired) electrons. The van der Waals surface area contributed by atoms with E-state index in [1.54, 1.807) is 0 Å². The molecule has 0 aliphatic rings. The van der Waals surface area contributed by atoms with E-state index in [4.69, 9.17) is 5.73 Å². The first kappa shape index (κ1) is 36.0. The molecule has 0 bridgehead atoms. The Labute approximate surface area is 121 Å². The zero-order valence-electron chi connectivity index (χ0n) is 9.29. The Kier molecular flexibility index (Phi) is 214. The van der Waals surface area contributed by atoms with Crippen LogP contribution in [-0.4, -0.2) is 20.0 Å². The first-order valence-electron chi connectivity index (χ1n) is 3.87. The van der Waals surface area contributed by atoms with Gasteiger partial charge in [-0.25, -0.2) is 0 Å². The highest BCUT2D eigenvalue weighted by atomic mass is 32.7. The molecule has 0 rings (SSSR count). The van der Waals surface area contributed by atoms with Crippen LogP contribution in [0.15, 0.2) is 0 Å².